The average Bonchev–Trinajstić information content (AvgIpc) is 2.68. The predicted molar refractivity (Wildman–Crippen MR) is 111 cm³/mol. The number of anilines is 1. The maximum absolute atomic E-state index is 13.5. The summed E-state index contributed by atoms with van der Waals surface area (Å²) >= 11 is 0. The van der Waals surface area contributed by atoms with Crippen molar-refractivity contribution in [3.8, 4) is 5.75 Å². The summed E-state index contributed by atoms with van der Waals surface area (Å²) < 4.78 is 5.97. The lowest BCUT2D eigenvalue weighted by Crippen LogP contribution is -2.55. The van der Waals surface area contributed by atoms with Gasteiger partial charge in [0.1, 0.15) is 5.75 Å². The number of nitrogens with zero attached hydrogens (tertiary/aromatic N) is 2. The van der Waals surface area contributed by atoms with Crippen LogP contribution in [0, 0.1) is 0 Å². The molecule has 1 fully saturated rings. The second-order valence-electron chi connectivity index (χ2n) is 8.96. The van der Waals surface area contributed by atoms with Gasteiger partial charge in [0.15, 0.2) is 5.60 Å². The minimum absolute atomic E-state index is 0.0317. The first-order chi connectivity index (χ1) is 14.2. The Morgan fingerprint density at radius 3 is 2.77 bits per heavy atom. The number of amides is 2. The maximum Gasteiger partial charge on any atom is 0.305 e. The summed E-state index contributed by atoms with van der Waals surface area (Å²) in [5.74, 6) is -0.791. The van der Waals surface area contributed by atoms with Crippen LogP contribution in [-0.4, -0.2) is 65.1 Å². The van der Waals surface area contributed by atoms with Crippen LogP contribution < -0.4 is 15.0 Å². The zero-order valence-corrected chi connectivity index (χ0v) is 17.7. The van der Waals surface area contributed by atoms with Gasteiger partial charge in [0, 0.05) is 30.7 Å². The molecule has 0 spiro atoms. The predicted octanol–water partition coefficient (Wildman–Crippen LogP) is 1.80. The summed E-state index contributed by atoms with van der Waals surface area (Å²) in [7, 11) is 0. The van der Waals surface area contributed by atoms with Crippen LogP contribution in [0.5, 0.6) is 5.75 Å². The number of carboxylic acid groups (broad SMARTS) is 1. The summed E-state index contributed by atoms with van der Waals surface area (Å²) in [5.41, 5.74) is 0.872. The molecule has 2 amide bonds. The molecule has 1 unspecified atom stereocenters. The summed E-state index contributed by atoms with van der Waals surface area (Å²) in [6.07, 6.45) is 2.56. The van der Waals surface area contributed by atoms with E-state index in [2.05, 4.69) is 12.2 Å². The van der Waals surface area contributed by atoms with E-state index in [0.29, 0.717) is 17.0 Å². The van der Waals surface area contributed by atoms with Crippen LogP contribution in [0.1, 0.15) is 56.0 Å². The number of carbonyl (C=O) groups is 3. The van der Waals surface area contributed by atoms with Crippen molar-refractivity contribution in [1.29, 1.82) is 0 Å². The first-order valence-electron chi connectivity index (χ1n) is 10.6. The van der Waals surface area contributed by atoms with Crippen LogP contribution in [0.3, 0.4) is 0 Å². The van der Waals surface area contributed by atoms with E-state index in [-0.39, 0.29) is 36.9 Å². The van der Waals surface area contributed by atoms with Crippen molar-refractivity contribution in [2.75, 3.05) is 24.5 Å². The minimum atomic E-state index is -1.09. The number of nitrogens with one attached hydrogen (secondary N) is 1. The third kappa shape index (κ3) is 3.53. The van der Waals surface area contributed by atoms with E-state index in [4.69, 9.17) is 9.84 Å². The van der Waals surface area contributed by atoms with E-state index >= 15 is 0 Å². The second-order valence-corrected chi connectivity index (χ2v) is 8.96. The monoisotopic (exact) mass is 415 g/mol. The van der Waals surface area contributed by atoms with Crippen LogP contribution in [-0.2, 0) is 16.0 Å². The van der Waals surface area contributed by atoms with E-state index in [1.54, 1.807) is 19.9 Å². The molecule has 2 atom stereocenters. The van der Waals surface area contributed by atoms with Crippen molar-refractivity contribution in [2.45, 2.75) is 64.1 Å². The quantitative estimate of drug-likeness (QED) is 0.778. The van der Waals surface area contributed by atoms with Crippen molar-refractivity contribution in [2.24, 2.45) is 0 Å². The molecule has 4 rings (SSSR count). The van der Waals surface area contributed by atoms with Gasteiger partial charge in [-0.3, -0.25) is 14.4 Å². The van der Waals surface area contributed by atoms with Crippen molar-refractivity contribution >= 4 is 23.5 Å². The molecular formula is C22H29N3O5. The van der Waals surface area contributed by atoms with Crippen molar-refractivity contribution in [3.05, 3.63) is 23.3 Å². The van der Waals surface area contributed by atoms with E-state index in [9.17, 15) is 14.4 Å². The Bertz CT molecular complexity index is 891. The van der Waals surface area contributed by atoms with Gasteiger partial charge in [-0.15, -0.1) is 0 Å². The Balaban J connectivity index is 1.73. The molecule has 162 valence electrons. The number of hydrogen-bond donors (Lipinski definition) is 2. The second kappa shape index (κ2) is 7.58. The number of carboxylic acids is 1. The standard InChI is InChI=1S/C22H29N3O5/c1-13-9-14-10-18-17(24(8-6-19(26)27)21(29)22(2,3)30-18)11-16(14)20(28)25(13)15-5-4-7-23-12-15/h10-11,13,15,23H,4-9,12H2,1-3H3,(H,26,27)/t13?,15-/m1/s1. The van der Waals surface area contributed by atoms with Gasteiger partial charge >= 0.3 is 5.97 Å². The smallest absolute Gasteiger partial charge is 0.305 e. The van der Waals surface area contributed by atoms with Gasteiger partial charge in [-0.2, -0.15) is 0 Å². The van der Waals surface area contributed by atoms with Gasteiger partial charge in [0.25, 0.3) is 11.8 Å². The molecule has 0 aromatic heterocycles. The zero-order chi connectivity index (χ0) is 21.6. The largest absolute Gasteiger partial charge is 0.481 e. The van der Waals surface area contributed by atoms with Gasteiger partial charge in [0.2, 0.25) is 0 Å². The number of aliphatic carboxylic acids is 1. The normalized spacial score (nSPS) is 25.4. The number of piperidine rings is 1. The van der Waals surface area contributed by atoms with Gasteiger partial charge in [-0.25, -0.2) is 0 Å². The molecule has 8 heteroatoms. The Labute approximate surface area is 176 Å². The fourth-order valence-corrected chi connectivity index (χ4v) is 4.81. The van der Waals surface area contributed by atoms with Gasteiger partial charge in [-0.05, 0) is 64.3 Å². The molecule has 30 heavy (non-hydrogen) atoms. The maximum atomic E-state index is 13.5. The Morgan fingerprint density at radius 2 is 2.10 bits per heavy atom. The van der Waals surface area contributed by atoms with Gasteiger partial charge in [0.05, 0.1) is 12.1 Å². The lowest BCUT2D eigenvalue weighted by Gasteiger charge is -2.43. The number of hydrogen-bond acceptors (Lipinski definition) is 5. The summed E-state index contributed by atoms with van der Waals surface area (Å²) in [5, 5.41) is 12.5. The zero-order valence-electron chi connectivity index (χ0n) is 17.7. The van der Waals surface area contributed by atoms with Crippen molar-refractivity contribution in [3.63, 3.8) is 0 Å². The molecule has 1 saturated heterocycles. The molecular weight excluding hydrogens is 386 g/mol. The molecule has 3 heterocycles. The van der Waals surface area contributed by atoms with Crippen molar-refractivity contribution < 1.29 is 24.2 Å². The van der Waals surface area contributed by atoms with Gasteiger partial charge in [-0.1, -0.05) is 0 Å². The number of rotatable bonds is 4. The van der Waals surface area contributed by atoms with Gasteiger partial charge < -0.3 is 25.0 Å². The number of benzene rings is 1. The number of ether oxygens (including phenoxy) is 1. The Morgan fingerprint density at radius 1 is 1.33 bits per heavy atom. The van der Waals surface area contributed by atoms with E-state index in [1.165, 1.54) is 4.90 Å². The molecule has 0 radical (unpaired) electrons. The Hall–Kier alpha value is -2.61. The van der Waals surface area contributed by atoms with Crippen LogP contribution >= 0.6 is 0 Å². The van der Waals surface area contributed by atoms with E-state index in [1.807, 2.05) is 11.0 Å². The summed E-state index contributed by atoms with van der Waals surface area (Å²) in [6.45, 7) is 7.23. The van der Waals surface area contributed by atoms with Crippen LogP contribution in [0.25, 0.3) is 0 Å². The molecule has 1 aromatic carbocycles. The molecule has 1 aromatic rings. The Kier molecular flexibility index (Phi) is 5.22. The topological polar surface area (TPSA) is 99.2 Å². The SMILES string of the molecule is CC1Cc2cc3c(cc2C(=O)N1[C@@H]1CCCNC1)N(CCC(=O)O)C(=O)C(C)(C)O3. The van der Waals surface area contributed by atoms with E-state index < -0.39 is 11.6 Å². The lowest BCUT2D eigenvalue weighted by atomic mass is 9.89. The summed E-state index contributed by atoms with van der Waals surface area (Å²) in [4.78, 5) is 40.9. The molecule has 0 saturated carbocycles. The highest BCUT2D eigenvalue weighted by molar-refractivity contribution is 6.05. The highest BCUT2D eigenvalue weighted by Crippen LogP contribution is 2.42. The molecule has 0 aliphatic carbocycles. The molecule has 2 N–H and O–H groups in total. The third-order valence-corrected chi connectivity index (χ3v) is 6.27. The lowest BCUT2D eigenvalue weighted by molar-refractivity contribution is -0.137. The molecule has 8 nitrogen and oxygen atoms in total. The molecule has 3 aliphatic heterocycles. The number of fused-ring (bicyclic) bond motifs is 2. The first kappa shape index (κ1) is 20.7. The first-order valence-corrected chi connectivity index (χ1v) is 10.6. The highest BCUT2D eigenvalue weighted by atomic mass is 16.5. The summed E-state index contributed by atoms with van der Waals surface area (Å²) in [6, 6.07) is 3.81. The minimum Gasteiger partial charge on any atom is -0.481 e. The fourth-order valence-electron chi connectivity index (χ4n) is 4.81. The molecule has 3 aliphatic rings. The highest BCUT2D eigenvalue weighted by Gasteiger charge is 2.43. The average molecular weight is 415 g/mol. The van der Waals surface area contributed by atoms with Crippen LogP contribution in [0.2, 0.25) is 0 Å². The van der Waals surface area contributed by atoms with E-state index in [0.717, 1.165) is 37.9 Å². The number of carbonyl (C=O) groups excluding carboxylic acids is 2. The third-order valence-electron chi connectivity index (χ3n) is 6.27. The van der Waals surface area contributed by atoms with Crippen molar-refractivity contribution in [1.82, 2.24) is 10.2 Å². The van der Waals surface area contributed by atoms with Crippen LogP contribution in [0.4, 0.5) is 5.69 Å². The fraction of sp³-hybridized carbons (Fsp3) is 0.591. The molecule has 0 bridgehead atoms. The van der Waals surface area contributed by atoms with Crippen LogP contribution in [0.15, 0.2) is 12.1 Å².